The maximum absolute atomic E-state index is 5.67. The van der Waals surface area contributed by atoms with Gasteiger partial charge in [-0.2, -0.15) is 0 Å². The third-order valence-electron chi connectivity index (χ3n) is 18.2. The van der Waals surface area contributed by atoms with E-state index in [1.807, 2.05) is 42.5 Å². The van der Waals surface area contributed by atoms with E-state index in [1.54, 1.807) is 0 Å². The van der Waals surface area contributed by atoms with Crippen LogP contribution in [0.1, 0.15) is 26.3 Å². The number of rotatable bonds is 10. The van der Waals surface area contributed by atoms with Crippen LogP contribution in [0.2, 0.25) is 0 Å². The van der Waals surface area contributed by atoms with E-state index in [0.29, 0.717) is 23.3 Å². The second-order valence-electron chi connectivity index (χ2n) is 24.8. The SMILES string of the molecule is CC(C)(C)c1ccc2c(c1)c1ccccc1n2-c1ccc(-c2cc(-c3ccccc3)nc(-c3ccccc3)n2)cc1-c1nc(-c2ccccc2)nc(-c2cccc(-c3cc4c5c(c3)N(c3ccccc3)c3ccccc3B5c3ccccc3N4c3ccccc3)c2)n1. The van der Waals surface area contributed by atoms with Crippen molar-refractivity contribution in [1.29, 1.82) is 0 Å². The van der Waals surface area contributed by atoms with Crippen LogP contribution in [0, 0.1) is 0 Å². The molecule has 17 rings (SSSR count). The molecular formula is C83H59BN8. The molecule has 0 amide bonds. The summed E-state index contributed by atoms with van der Waals surface area (Å²) in [6, 6.07) is 108. The zero-order valence-corrected chi connectivity index (χ0v) is 51.0. The number of hydrogen-bond donors (Lipinski definition) is 0. The fourth-order valence-electron chi connectivity index (χ4n) is 13.8. The van der Waals surface area contributed by atoms with Gasteiger partial charge >= 0.3 is 0 Å². The summed E-state index contributed by atoms with van der Waals surface area (Å²) in [6.07, 6.45) is 0. The molecule has 9 heteroatoms. The highest BCUT2D eigenvalue weighted by molar-refractivity contribution is 7.00. The van der Waals surface area contributed by atoms with Gasteiger partial charge in [-0.15, -0.1) is 0 Å². The zero-order valence-electron chi connectivity index (χ0n) is 51.0. The Kier molecular flexibility index (Phi) is 13.0. The molecule has 0 fully saturated rings. The van der Waals surface area contributed by atoms with E-state index in [0.717, 1.165) is 112 Å². The summed E-state index contributed by atoms with van der Waals surface area (Å²) in [5.74, 6) is 2.26. The average molecular weight is 1180 g/mol. The quantitative estimate of drug-likeness (QED) is 0.126. The molecule has 0 radical (unpaired) electrons. The maximum atomic E-state index is 5.67. The highest BCUT2D eigenvalue weighted by Crippen LogP contribution is 2.47. The van der Waals surface area contributed by atoms with Crippen molar-refractivity contribution in [3.8, 4) is 84.9 Å². The van der Waals surface area contributed by atoms with Crippen LogP contribution in [0.15, 0.2) is 303 Å². The van der Waals surface area contributed by atoms with E-state index in [9.17, 15) is 0 Å². The minimum absolute atomic E-state index is 0.00852. The highest BCUT2D eigenvalue weighted by atomic mass is 15.2. The van der Waals surface area contributed by atoms with Gasteiger partial charge in [-0.05, 0) is 129 Å². The van der Waals surface area contributed by atoms with E-state index >= 15 is 0 Å². The minimum atomic E-state index is -0.0612. The summed E-state index contributed by atoms with van der Waals surface area (Å²) in [6.45, 7) is 6.82. The zero-order chi connectivity index (χ0) is 61.4. The summed E-state index contributed by atoms with van der Waals surface area (Å²) >= 11 is 0. The Morgan fingerprint density at radius 2 is 0.772 bits per heavy atom. The molecule has 434 valence electrons. The maximum Gasteiger partial charge on any atom is 0.252 e. The van der Waals surface area contributed by atoms with Crippen molar-refractivity contribution >= 4 is 79.0 Å². The third-order valence-corrected chi connectivity index (χ3v) is 18.2. The Hall–Kier alpha value is -11.8. The van der Waals surface area contributed by atoms with Crippen molar-refractivity contribution in [2.45, 2.75) is 26.2 Å². The standard InChI is InChI=1S/C83H59BN8/c1-83(2,3)61-45-47-72-65(52-61)64-38-19-22-41-71(64)92(72)73-46-44-58(70-53-69(54-26-9-4-10-27-54)85-79(86-70)55-28-11-5-12-29-55)49-66(73)82-88-80(56-30-13-6-14-31-56)87-81(89-82)59-33-25-32-57(48-59)60-50-76-78-77(51-60)91(63-36-17-8-18-37-63)75-43-24-21-40-68(75)84(78)67-39-20-23-42-74(67)90(76)62-34-15-7-16-35-62/h4-53H,1-3H3. The first kappa shape index (κ1) is 54.4. The Labute approximate surface area is 535 Å². The highest BCUT2D eigenvalue weighted by Gasteiger charge is 2.43. The van der Waals surface area contributed by atoms with Gasteiger partial charge in [-0.25, -0.2) is 24.9 Å². The average Bonchev–Trinajstić information content (AvgIpc) is 0.884. The molecule has 92 heavy (non-hydrogen) atoms. The molecule has 0 aliphatic carbocycles. The van der Waals surface area contributed by atoms with Crippen LogP contribution in [0.4, 0.5) is 34.1 Å². The lowest BCUT2D eigenvalue weighted by atomic mass is 9.33. The Balaban J connectivity index is 0.896. The van der Waals surface area contributed by atoms with E-state index in [-0.39, 0.29) is 12.1 Å². The normalized spacial score (nSPS) is 12.4. The largest absolute Gasteiger partial charge is 0.311 e. The Morgan fingerprint density at radius 3 is 1.38 bits per heavy atom. The molecule has 2 aliphatic heterocycles. The predicted octanol–water partition coefficient (Wildman–Crippen LogP) is 18.8. The molecule has 8 nitrogen and oxygen atoms in total. The van der Waals surface area contributed by atoms with Gasteiger partial charge in [0.25, 0.3) is 6.71 Å². The molecular weight excluding hydrogens is 1120 g/mol. The predicted molar refractivity (Wildman–Crippen MR) is 381 cm³/mol. The third kappa shape index (κ3) is 9.35. The minimum Gasteiger partial charge on any atom is -0.311 e. The second-order valence-corrected chi connectivity index (χ2v) is 24.8. The first-order chi connectivity index (χ1) is 45.3. The Bertz CT molecular complexity index is 5170. The van der Waals surface area contributed by atoms with Crippen LogP contribution in [-0.4, -0.2) is 36.2 Å². The van der Waals surface area contributed by atoms with E-state index in [4.69, 9.17) is 24.9 Å². The summed E-state index contributed by atoms with van der Waals surface area (Å²) in [7, 11) is 0. The fourth-order valence-corrected chi connectivity index (χ4v) is 13.8. The van der Waals surface area contributed by atoms with Crippen LogP contribution >= 0.6 is 0 Å². The van der Waals surface area contributed by atoms with Gasteiger partial charge in [0.15, 0.2) is 23.3 Å². The van der Waals surface area contributed by atoms with Gasteiger partial charge in [0, 0.05) is 78.3 Å². The number of anilines is 6. The van der Waals surface area contributed by atoms with Gasteiger partial charge in [0.2, 0.25) is 0 Å². The van der Waals surface area contributed by atoms with Crippen molar-refractivity contribution in [3.63, 3.8) is 0 Å². The number of benzene rings is 12. The molecule has 2 aliphatic rings. The lowest BCUT2D eigenvalue weighted by Crippen LogP contribution is -2.61. The first-order valence-corrected chi connectivity index (χ1v) is 31.4. The summed E-state index contributed by atoms with van der Waals surface area (Å²) in [5, 5.41) is 2.34. The molecule has 12 aromatic carbocycles. The topological polar surface area (TPSA) is 75.9 Å². The van der Waals surface area contributed by atoms with Crippen LogP contribution < -0.4 is 26.2 Å². The summed E-state index contributed by atoms with van der Waals surface area (Å²) in [4.78, 5) is 32.1. The molecule has 0 atom stereocenters. The number of hydrogen-bond acceptors (Lipinski definition) is 7. The van der Waals surface area contributed by atoms with E-state index < -0.39 is 0 Å². The molecule has 0 saturated heterocycles. The van der Waals surface area contributed by atoms with Crippen molar-refractivity contribution in [3.05, 3.63) is 309 Å². The molecule has 0 unspecified atom stereocenters. The van der Waals surface area contributed by atoms with E-state index in [1.165, 1.54) is 27.3 Å². The second kappa shape index (κ2) is 22.0. The van der Waals surface area contributed by atoms with Gasteiger partial charge in [0.1, 0.15) is 0 Å². The molecule has 5 heterocycles. The van der Waals surface area contributed by atoms with Gasteiger partial charge in [0.05, 0.1) is 28.1 Å². The van der Waals surface area contributed by atoms with Crippen molar-refractivity contribution in [2.24, 2.45) is 0 Å². The molecule has 3 aromatic heterocycles. The molecule has 0 N–H and O–H groups in total. The van der Waals surface area contributed by atoms with Gasteiger partial charge < -0.3 is 14.4 Å². The lowest BCUT2D eigenvalue weighted by Gasteiger charge is -2.44. The van der Waals surface area contributed by atoms with Crippen LogP contribution in [0.25, 0.3) is 107 Å². The number of nitrogens with zero attached hydrogens (tertiary/aromatic N) is 8. The molecule has 0 saturated carbocycles. The summed E-state index contributed by atoms with van der Waals surface area (Å²) < 4.78 is 2.38. The number of fused-ring (bicyclic) bond motifs is 7. The number of para-hydroxylation sites is 5. The van der Waals surface area contributed by atoms with Crippen LogP contribution in [0.3, 0.4) is 0 Å². The first-order valence-electron chi connectivity index (χ1n) is 31.4. The summed E-state index contributed by atoms with van der Waals surface area (Å²) in [5.41, 5.74) is 23.9. The fraction of sp³-hybridized carbons (Fsp3) is 0.0482. The lowest BCUT2D eigenvalue weighted by molar-refractivity contribution is 0.591. The smallest absolute Gasteiger partial charge is 0.252 e. The monoisotopic (exact) mass is 1180 g/mol. The van der Waals surface area contributed by atoms with Gasteiger partial charge in [-0.1, -0.05) is 233 Å². The van der Waals surface area contributed by atoms with Crippen LogP contribution in [0.5, 0.6) is 0 Å². The van der Waals surface area contributed by atoms with Crippen LogP contribution in [-0.2, 0) is 5.41 Å². The van der Waals surface area contributed by atoms with Crippen molar-refractivity contribution in [2.75, 3.05) is 9.80 Å². The van der Waals surface area contributed by atoms with Crippen molar-refractivity contribution in [1.82, 2.24) is 29.5 Å². The van der Waals surface area contributed by atoms with Crippen molar-refractivity contribution < 1.29 is 0 Å². The molecule has 0 spiro atoms. The van der Waals surface area contributed by atoms with E-state index in [2.05, 4.69) is 296 Å². The van der Waals surface area contributed by atoms with Gasteiger partial charge in [-0.3, -0.25) is 0 Å². The number of aromatic nitrogens is 6. The molecule has 0 bridgehead atoms. The Morgan fingerprint density at radius 1 is 0.293 bits per heavy atom. The molecule has 15 aromatic rings.